The number of aliphatic hydroxyl groups is 2. The molecule has 0 aromatic heterocycles. The highest BCUT2D eigenvalue weighted by molar-refractivity contribution is 8.18. The largest absolute Gasteiger partial charge is 0.393 e. The van der Waals surface area contributed by atoms with Gasteiger partial charge in [0.2, 0.25) is 0 Å². The van der Waals surface area contributed by atoms with Crippen LogP contribution in [0.1, 0.15) is 51.2 Å². The Kier molecular flexibility index (Phi) is 7.13. The van der Waals surface area contributed by atoms with Crippen molar-refractivity contribution in [3.63, 3.8) is 0 Å². The van der Waals surface area contributed by atoms with Crippen molar-refractivity contribution in [2.75, 3.05) is 11.5 Å². The minimum atomic E-state index is -0.546. The smallest absolute Gasteiger partial charge is 0.103 e. The highest BCUT2D eigenvalue weighted by Crippen LogP contribution is 2.55. The molecule has 1 unspecified atom stereocenters. The van der Waals surface area contributed by atoms with Crippen molar-refractivity contribution in [1.29, 1.82) is 0 Å². The lowest BCUT2D eigenvalue weighted by atomic mass is 9.90. The van der Waals surface area contributed by atoms with Gasteiger partial charge in [-0.05, 0) is 29.9 Å². The summed E-state index contributed by atoms with van der Waals surface area (Å²) in [6.07, 6.45) is 3.24. The number of aliphatic hydroxyl groups excluding tert-OH is 2. The van der Waals surface area contributed by atoms with Crippen LogP contribution in [0.15, 0.2) is 30.3 Å². The van der Waals surface area contributed by atoms with Gasteiger partial charge in [0, 0.05) is 5.92 Å². The van der Waals surface area contributed by atoms with Crippen LogP contribution >= 0.6 is 23.5 Å². The van der Waals surface area contributed by atoms with Crippen LogP contribution in [0, 0.1) is 5.92 Å². The minimum Gasteiger partial charge on any atom is -0.393 e. The van der Waals surface area contributed by atoms with Crippen LogP contribution in [0.25, 0.3) is 0 Å². The van der Waals surface area contributed by atoms with Gasteiger partial charge in [-0.15, -0.1) is 23.5 Å². The summed E-state index contributed by atoms with van der Waals surface area (Å²) in [5.41, 5.74) is 0.957. The number of hydrogen-bond donors (Lipinski definition) is 2. The van der Waals surface area contributed by atoms with E-state index in [1.54, 1.807) is 0 Å². The standard InChI is InChI=1S/C18H28O2S2/c1-3-4-11-16(19)14(2)18(21-12-8-13-22-18)17(20)15-9-6-5-7-10-15/h5-7,9-10,14,16-17,19-20H,3-4,8,11-13H2,1-2H3/t14-,16+,17?/m1/s1. The molecule has 2 nitrogen and oxygen atoms in total. The number of thioether (sulfide) groups is 2. The van der Waals surface area contributed by atoms with Crippen LogP contribution in [0.2, 0.25) is 0 Å². The molecule has 2 rings (SSSR count). The maximum atomic E-state index is 11.1. The second kappa shape index (κ2) is 8.62. The summed E-state index contributed by atoms with van der Waals surface area (Å²) >= 11 is 3.67. The average Bonchev–Trinajstić information content (AvgIpc) is 2.59. The molecule has 1 aliphatic heterocycles. The predicted molar refractivity (Wildman–Crippen MR) is 98.4 cm³/mol. The molecular weight excluding hydrogens is 312 g/mol. The van der Waals surface area contributed by atoms with Gasteiger partial charge in [-0.25, -0.2) is 0 Å². The van der Waals surface area contributed by atoms with Crippen LogP contribution in [0.5, 0.6) is 0 Å². The zero-order valence-corrected chi connectivity index (χ0v) is 15.2. The van der Waals surface area contributed by atoms with Crippen molar-refractivity contribution < 1.29 is 10.2 Å². The molecule has 124 valence electrons. The second-order valence-corrected chi connectivity index (χ2v) is 9.09. The number of unbranched alkanes of at least 4 members (excludes halogenated alkanes) is 1. The van der Waals surface area contributed by atoms with Gasteiger partial charge in [0.1, 0.15) is 6.10 Å². The first kappa shape index (κ1) is 18.2. The average molecular weight is 341 g/mol. The van der Waals surface area contributed by atoms with Gasteiger partial charge in [0.25, 0.3) is 0 Å². The second-order valence-electron chi connectivity index (χ2n) is 6.08. The molecule has 0 spiro atoms. The van der Waals surface area contributed by atoms with Gasteiger partial charge in [-0.2, -0.15) is 0 Å². The Bertz CT molecular complexity index is 432. The van der Waals surface area contributed by atoms with Gasteiger partial charge >= 0.3 is 0 Å². The van der Waals surface area contributed by atoms with Gasteiger partial charge in [0.15, 0.2) is 0 Å². The summed E-state index contributed by atoms with van der Waals surface area (Å²) in [5, 5.41) is 21.7. The summed E-state index contributed by atoms with van der Waals surface area (Å²) in [4.78, 5) is 0. The third-order valence-electron chi connectivity index (χ3n) is 4.51. The molecule has 4 heteroatoms. The van der Waals surface area contributed by atoms with Crippen LogP contribution in [-0.2, 0) is 0 Å². The summed E-state index contributed by atoms with van der Waals surface area (Å²) in [6, 6.07) is 9.91. The Morgan fingerprint density at radius 2 is 1.77 bits per heavy atom. The first-order valence-electron chi connectivity index (χ1n) is 8.30. The zero-order valence-electron chi connectivity index (χ0n) is 13.6. The fourth-order valence-corrected chi connectivity index (χ4v) is 6.69. The fourth-order valence-electron chi connectivity index (χ4n) is 3.03. The van der Waals surface area contributed by atoms with E-state index in [1.807, 2.05) is 53.9 Å². The Hall–Kier alpha value is -0.160. The third-order valence-corrected chi connectivity index (χ3v) is 8.29. The maximum absolute atomic E-state index is 11.1. The Balaban J connectivity index is 2.23. The molecule has 0 radical (unpaired) electrons. The number of hydrogen-bond acceptors (Lipinski definition) is 4. The van der Waals surface area contributed by atoms with E-state index in [1.165, 1.54) is 6.42 Å². The van der Waals surface area contributed by atoms with Crippen molar-refractivity contribution in [2.45, 2.75) is 55.8 Å². The van der Waals surface area contributed by atoms with E-state index < -0.39 is 6.10 Å². The van der Waals surface area contributed by atoms with Crippen LogP contribution in [0.3, 0.4) is 0 Å². The summed E-state index contributed by atoms with van der Waals surface area (Å²) in [6.45, 7) is 4.26. The van der Waals surface area contributed by atoms with Crippen molar-refractivity contribution in [2.24, 2.45) is 5.92 Å². The van der Waals surface area contributed by atoms with Crippen molar-refractivity contribution >= 4 is 23.5 Å². The summed E-state index contributed by atoms with van der Waals surface area (Å²) < 4.78 is -0.341. The SMILES string of the molecule is CCCC[C@H](O)[C@@H](C)C1(C(O)c2ccccc2)SCCCS1. The first-order valence-corrected chi connectivity index (χ1v) is 10.3. The van der Waals surface area contributed by atoms with Crippen LogP contribution < -0.4 is 0 Å². The fraction of sp³-hybridized carbons (Fsp3) is 0.667. The van der Waals surface area contributed by atoms with E-state index in [9.17, 15) is 10.2 Å². The van der Waals surface area contributed by atoms with Gasteiger partial charge < -0.3 is 10.2 Å². The van der Waals surface area contributed by atoms with Crippen molar-refractivity contribution in [3.8, 4) is 0 Å². The van der Waals surface area contributed by atoms with E-state index in [4.69, 9.17) is 0 Å². The molecule has 1 aliphatic rings. The van der Waals surface area contributed by atoms with Crippen molar-refractivity contribution in [3.05, 3.63) is 35.9 Å². The Morgan fingerprint density at radius 3 is 2.36 bits per heavy atom. The normalized spacial score (nSPS) is 22.0. The lowest BCUT2D eigenvalue weighted by Crippen LogP contribution is -2.44. The van der Waals surface area contributed by atoms with E-state index in [0.29, 0.717) is 0 Å². The predicted octanol–water partition coefficient (Wildman–Crippen LogP) is 4.47. The highest BCUT2D eigenvalue weighted by atomic mass is 32.2. The van der Waals surface area contributed by atoms with Gasteiger partial charge in [0.05, 0.1) is 10.2 Å². The lowest BCUT2D eigenvalue weighted by Gasteiger charge is -2.46. The van der Waals surface area contributed by atoms with Crippen LogP contribution in [-0.4, -0.2) is 31.9 Å². The molecule has 0 bridgehead atoms. The molecule has 0 saturated carbocycles. The molecule has 3 atom stereocenters. The molecule has 0 aliphatic carbocycles. The van der Waals surface area contributed by atoms with Crippen molar-refractivity contribution in [1.82, 2.24) is 0 Å². The summed E-state index contributed by atoms with van der Waals surface area (Å²) in [5.74, 6) is 2.17. The maximum Gasteiger partial charge on any atom is 0.103 e. The molecule has 2 N–H and O–H groups in total. The molecular formula is C18H28O2S2. The van der Waals surface area contributed by atoms with Crippen LogP contribution in [0.4, 0.5) is 0 Å². The molecule has 0 amide bonds. The van der Waals surface area contributed by atoms with E-state index in [2.05, 4.69) is 13.8 Å². The minimum absolute atomic E-state index is 0.0598. The highest BCUT2D eigenvalue weighted by Gasteiger charge is 2.48. The topological polar surface area (TPSA) is 40.5 Å². The molecule has 22 heavy (non-hydrogen) atoms. The molecule has 1 aromatic rings. The molecule has 1 aromatic carbocycles. The van der Waals surface area contributed by atoms with Gasteiger partial charge in [-0.3, -0.25) is 0 Å². The zero-order chi connectivity index (χ0) is 16.0. The molecule has 1 saturated heterocycles. The van der Waals surface area contributed by atoms with E-state index in [-0.39, 0.29) is 16.1 Å². The van der Waals surface area contributed by atoms with Gasteiger partial charge in [-0.1, -0.05) is 57.0 Å². The quantitative estimate of drug-likeness (QED) is 0.768. The lowest BCUT2D eigenvalue weighted by molar-refractivity contribution is 0.0582. The number of benzene rings is 1. The molecule has 1 heterocycles. The number of rotatable bonds is 7. The molecule has 1 fully saturated rings. The Morgan fingerprint density at radius 1 is 1.14 bits per heavy atom. The van der Waals surface area contributed by atoms with E-state index >= 15 is 0 Å². The third kappa shape index (κ3) is 4.02. The van der Waals surface area contributed by atoms with E-state index in [0.717, 1.165) is 36.3 Å². The Labute approximate surface area is 143 Å². The monoisotopic (exact) mass is 340 g/mol. The first-order chi connectivity index (χ1) is 10.6. The summed E-state index contributed by atoms with van der Waals surface area (Å²) in [7, 11) is 0.